The van der Waals surface area contributed by atoms with Crippen LogP contribution in [0, 0.1) is 13.8 Å². The van der Waals surface area contributed by atoms with Crippen LogP contribution in [0.1, 0.15) is 11.1 Å². The van der Waals surface area contributed by atoms with Crippen molar-refractivity contribution in [1.82, 2.24) is 0 Å². The number of benzene rings is 4. The summed E-state index contributed by atoms with van der Waals surface area (Å²) < 4.78 is 55.3. The van der Waals surface area contributed by atoms with Crippen molar-refractivity contribution in [3.8, 4) is 0 Å². The molecule has 0 spiro atoms. The first kappa shape index (κ1) is 26.2. The first-order valence-corrected chi connectivity index (χ1v) is 15.7. The number of rotatable bonds is 9. The van der Waals surface area contributed by atoms with E-state index in [9.17, 15) is 16.8 Å². The van der Waals surface area contributed by atoms with Gasteiger partial charge in [0.05, 0.1) is 9.79 Å². The first-order valence-electron chi connectivity index (χ1n) is 10.6. The summed E-state index contributed by atoms with van der Waals surface area (Å²) in [5, 5.41) is 0. The zero-order valence-electron chi connectivity index (χ0n) is 19.1. The molecule has 0 saturated carbocycles. The Balaban J connectivity index is 1.33. The van der Waals surface area contributed by atoms with E-state index in [1.54, 1.807) is 48.5 Å². The van der Waals surface area contributed by atoms with Crippen molar-refractivity contribution in [2.75, 3.05) is 9.44 Å². The van der Waals surface area contributed by atoms with E-state index < -0.39 is 20.0 Å². The zero-order valence-corrected chi connectivity index (χ0v) is 22.3. The lowest BCUT2D eigenvalue weighted by molar-refractivity contribution is 0.599. The van der Waals surface area contributed by atoms with Gasteiger partial charge in [-0.3, -0.25) is 9.44 Å². The summed E-state index contributed by atoms with van der Waals surface area (Å²) in [5.41, 5.74) is 2.40. The van der Waals surface area contributed by atoms with Crippen molar-refractivity contribution in [3.05, 3.63) is 115 Å². The Hall–Kier alpha value is -2.92. The average Bonchev–Trinajstić information content (AvgIpc) is 2.85. The molecule has 0 bridgehead atoms. The Bertz CT molecular complexity index is 1410. The second kappa shape index (κ2) is 11.0. The van der Waals surface area contributed by atoms with Crippen LogP contribution in [0.3, 0.4) is 0 Å². The van der Waals surface area contributed by atoms with Crippen molar-refractivity contribution >= 4 is 53.0 Å². The van der Waals surface area contributed by atoms with E-state index >= 15 is 0 Å². The highest BCUT2D eigenvalue weighted by Gasteiger charge is 2.15. The van der Waals surface area contributed by atoms with Crippen molar-refractivity contribution < 1.29 is 16.8 Å². The molecule has 0 saturated heterocycles. The number of anilines is 2. The third-order valence-electron chi connectivity index (χ3n) is 4.97. The second-order valence-electron chi connectivity index (χ2n) is 7.81. The number of hydrogen-bond donors (Lipinski definition) is 2. The van der Waals surface area contributed by atoms with E-state index in [0.29, 0.717) is 16.9 Å². The molecule has 0 aliphatic rings. The highest BCUT2D eigenvalue weighted by molar-refractivity contribution is 8.76. The molecular formula is C26H22N2O4S4. The molecule has 2 N–H and O–H groups in total. The summed E-state index contributed by atoms with van der Waals surface area (Å²) in [5.74, 6) is 0. The number of nitrogens with one attached hydrogen (secondary N) is 2. The highest BCUT2D eigenvalue weighted by Crippen LogP contribution is 2.38. The Morgan fingerprint density at radius 2 is 0.917 bits per heavy atom. The molecule has 0 amide bonds. The molecule has 0 aliphatic carbocycles. The molecule has 2 radical (unpaired) electrons. The molecule has 10 heteroatoms. The van der Waals surface area contributed by atoms with Crippen LogP contribution in [0.4, 0.5) is 11.4 Å². The van der Waals surface area contributed by atoms with Gasteiger partial charge >= 0.3 is 0 Å². The SMILES string of the molecule is [CH]c1ccc(S(=O)(=O)Nc2ccc(SSc3ccc(NS(=O)(=O)c4ccc(C)cc4)cc3)cc2)cc1. The smallest absolute Gasteiger partial charge is 0.261 e. The maximum atomic E-state index is 12.5. The topological polar surface area (TPSA) is 92.3 Å². The predicted octanol–water partition coefficient (Wildman–Crippen LogP) is 6.46. The van der Waals surface area contributed by atoms with Crippen molar-refractivity contribution in [3.63, 3.8) is 0 Å². The molecule has 4 aromatic carbocycles. The van der Waals surface area contributed by atoms with Gasteiger partial charge in [0.1, 0.15) is 0 Å². The monoisotopic (exact) mass is 554 g/mol. The number of hydrogen-bond acceptors (Lipinski definition) is 6. The predicted molar refractivity (Wildman–Crippen MR) is 147 cm³/mol. The fourth-order valence-electron chi connectivity index (χ4n) is 3.05. The van der Waals surface area contributed by atoms with E-state index in [1.165, 1.54) is 45.9 Å². The lowest BCUT2D eigenvalue weighted by Crippen LogP contribution is -2.12. The molecule has 0 atom stereocenters. The van der Waals surface area contributed by atoms with E-state index in [4.69, 9.17) is 6.92 Å². The average molecular weight is 555 g/mol. The van der Waals surface area contributed by atoms with Gasteiger partial charge in [-0.2, -0.15) is 0 Å². The van der Waals surface area contributed by atoms with Crippen LogP contribution in [0.15, 0.2) is 117 Å². The van der Waals surface area contributed by atoms with Crippen LogP contribution in [-0.2, 0) is 20.0 Å². The molecule has 0 fully saturated rings. The van der Waals surface area contributed by atoms with Crippen LogP contribution in [0.5, 0.6) is 0 Å². The van der Waals surface area contributed by atoms with Crippen LogP contribution in [-0.4, -0.2) is 16.8 Å². The van der Waals surface area contributed by atoms with Crippen LogP contribution in [0.2, 0.25) is 0 Å². The van der Waals surface area contributed by atoms with Gasteiger partial charge in [-0.15, -0.1) is 0 Å². The second-order valence-corrected chi connectivity index (χ2v) is 13.4. The lowest BCUT2D eigenvalue weighted by Gasteiger charge is -2.10. The van der Waals surface area contributed by atoms with Crippen molar-refractivity contribution in [1.29, 1.82) is 0 Å². The normalized spacial score (nSPS) is 11.7. The fraction of sp³-hybridized carbons (Fsp3) is 0.0385. The molecule has 6 nitrogen and oxygen atoms in total. The minimum absolute atomic E-state index is 0.135. The Kier molecular flexibility index (Phi) is 7.99. The van der Waals surface area contributed by atoms with Gasteiger partial charge in [-0.25, -0.2) is 16.8 Å². The van der Waals surface area contributed by atoms with Gasteiger partial charge in [0.25, 0.3) is 20.0 Å². The largest absolute Gasteiger partial charge is 0.280 e. The Morgan fingerprint density at radius 3 is 1.31 bits per heavy atom. The number of aryl methyl sites for hydroxylation is 1. The van der Waals surface area contributed by atoms with Gasteiger partial charge in [-0.1, -0.05) is 51.4 Å². The van der Waals surface area contributed by atoms with E-state index in [0.717, 1.165) is 15.4 Å². The maximum absolute atomic E-state index is 12.5. The third kappa shape index (κ3) is 6.85. The van der Waals surface area contributed by atoms with E-state index in [-0.39, 0.29) is 9.79 Å². The van der Waals surface area contributed by atoms with Gasteiger partial charge in [0.15, 0.2) is 0 Å². The number of sulfonamides is 2. The summed E-state index contributed by atoms with van der Waals surface area (Å²) in [6, 6.07) is 26.8. The zero-order chi connectivity index (χ0) is 25.8. The molecular weight excluding hydrogens is 533 g/mol. The quantitative estimate of drug-likeness (QED) is 0.231. The Morgan fingerprint density at radius 1 is 0.556 bits per heavy atom. The highest BCUT2D eigenvalue weighted by atomic mass is 33.1. The molecule has 0 aliphatic heterocycles. The van der Waals surface area contributed by atoms with Gasteiger partial charge in [0, 0.05) is 21.2 Å². The molecule has 4 aromatic rings. The molecule has 184 valence electrons. The summed E-state index contributed by atoms with van der Waals surface area (Å²) >= 11 is 0. The summed E-state index contributed by atoms with van der Waals surface area (Å²) in [6.07, 6.45) is 0. The van der Waals surface area contributed by atoms with Gasteiger partial charge in [0.2, 0.25) is 0 Å². The first-order chi connectivity index (χ1) is 17.1. The Labute approximate surface area is 220 Å². The molecule has 0 aromatic heterocycles. The van der Waals surface area contributed by atoms with Crippen LogP contribution < -0.4 is 9.44 Å². The fourth-order valence-corrected chi connectivity index (χ4v) is 7.09. The standard InChI is InChI=1S/C26H22N2O4S4/c1-19-3-15-25(16-4-19)35(29,30)27-21-7-11-23(12-8-21)33-34-24-13-9-22(10-14-24)28-36(31,32)26-17-5-20(2)6-18-26/h1,3-18,27-28H,2H3. The molecule has 4 rings (SSSR count). The van der Waals surface area contributed by atoms with E-state index in [1.807, 2.05) is 31.2 Å². The van der Waals surface area contributed by atoms with Gasteiger partial charge in [-0.05, 0) is 92.2 Å². The molecule has 36 heavy (non-hydrogen) atoms. The lowest BCUT2D eigenvalue weighted by atomic mass is 10.2. The van der Waals surface area contributed by atoms with E-state index in [2.05, 4.69) is 9.44 Å². The van der Waals surface area contributed by atoms with Crippen LogP contribution >= 0.6 is 21.6 Å². The minimum atomic E-state index is -3.70. The van der Waals surface area contributed by atoms with Crippen LogP contribution in [0.25, 0.3) is 0 Å². The maximum Gasteiger partial charge on any atom is 0.261 e. The van der Waals surface area contributed by atoms with Gasteiger partial charge < -0.3 is 0 Å². The minimum Gasteiger partial charge on any atom is -0.280 e. The van der Waals surface area contributed by atoms with Crippen molar-refractivity contribution in [2.45, 2.75) is 26.5 Å². The summed E-state index contributed by atoms with van der Waals surface area (Å²) in [7, 11) is -4.35. The third-order valence-corrected chi connectivity index (χ3v) is 10.2. The molecule has 0 heterocycles. The van der Waals surface area contributed by atoms with Crippen molar-refractivity contribution in [2.24, 2.45) is 0 Å². The summed E-state index contributed by atoms with van der Waals surface area (Å²) in [6.45, 7) is 7.52. The molecule has 0 unspecified atom stereocenters. The summed E-state index contributed by atoms with van der Waals surface area (Å²) in [4.78, 5) is 2.21.